The summed E-state index contributed by atoms with van der Waals surface area (Å²) in [5.41, 5.74) is 6.72. The molecule has 0 aliphatic carbocycles. The third-order valence-electron chi connectivity index (χ3n) is 6.69. The van der Waals surface area contributed by atoms with Gasteiger partial charge in [-0.15, -0.1) is 0 Å². The van der Waals surface area contributed by atoms with Crippen LogP contribution in [0.5, 0.6) is 5.88 Å². The standard InChI is InChI=1S/C28H38N6O7/c29-25(38)19-33-11-4-10-32(13-16-41-26-7-3-6-23(31-26)22-5-1-2-9-30-22)20-28(40)34(12-15-36)18-24(37)21(8-14-35)17-27(33)39/h1-3,5-7,9,21,35-36H,4,8,10-20H2,(H2,29,38). The van der Waals surface area contributed by atoms with Crippen molar-refractivity contribution in [3.8, 4) is 17.3 Å². The molecule has 4 N–H and O–H groups in total. The zero-order chi connectivity index (χ0) is 29.6. The summed E-state index contributed by atoms with van der Waals surface area (Å²) in [7, 11) is 0. The van der Waals surface area contributed by atoms with Gasteiger partial charge in [-0.2, -0.15) is 0 Å². The molecule has 222 valence electrons. The summed E-state index contributed by atoms with van der Waals surface area (Å²) in [5, 5.41) is 19.0. The molecule has 1 unspecified atom stereocenters. The number of carbonyl (C=O) groups excluding carboxylic acids is 4. The Morgan fingerprint density at radius 3 is 2.46 bits per heavy atom. The minimum Gasteiger partial charge on any atom is -0.476 e. The summed E-state index contributed by atoms with van der Waals surface area (Å²) in [6, 6.07) is 10.9. The molecule has 1 atom stereocenters. The molecule has 1 fully saturated rings. The molecule has 13 heteroatoms. The summed E-state index contributed by atoms with van der Waals surface area (Å²) < 4.78 is 5.87. The van der Waals surface area contributed by atoms with E-state index in [-0.39, 0.29) is 71.3 Å². The second-order valence-corrected chi connectivity index (χ2v) is 9.75. The lowest BCUT2D eigenvalue weighted by atomic mass is 9.95. The predicted octanol–water partition coefficient (Wildman–Crippen LogP) is -0.679. The van der Waals surface area contributed by atoms with Gasteiger partial charge in [-0.25, -0.2) is 4.98 Å². The third kappa shape index (κ3) is 10.2. The number of hydrogen-bond donors (Lipinski definition) is 3. The van der Waals surface area contributed by atoms with Gasteiger partial charge in [0.1, 0.15) is 6.61 Å². The van der Waals surface area contributed by atoms with E-state index in [0.29, 0.717) is 36.8 Å². The van der Waals surface area contributed by atoms with Crippen molar-refractivity contribution in [2.45, 2.75) is 19.3 Å². The number of β-amino-alcohol motifs (C(OH)–C–C–N with tert-alkyl or cyclic N) is 1. The minimum atomic E-state index is -0.837. The van der Waals surface area contributed by atoms with Gasteiger partial charge in [-0.1, -0.05) is 12.1 Å². The highest BCUT2D eigenvalue weighted by atomic mass is 16.5. The Balaban J connectivity index is 1.73. The number of ether oxygens (including phenoxy) is 1. The first kappa shape index (κ1) is 31.6. The lowest BCUT2D eigenvalue weighted by Crippen LogP contribution is -2.46. The molecule has 1 aliphatic rings. The number of nitrogens with two attached hydrogens (primary N) is 1. The number of primary amides is 1. The van der Waals surface area contributed by atoms with Crippen molar-refractivity contribution in [2.24, 2.45) is 11.7 Å². The lowest BCUT2D eigenvalue weighted by Gasteiger charge is -2.27. The molecular formula is C28H38N6O7. The van der Waals surface area contributed by atoms with Crippen LogP contribution in [-0.4, -0.2) is 124 Å². The van der Waals surface area contributed by atoms with E-state index in [4.69, 9.17) is 10.5 Å². The number of hydrogen-bond acceptors (Lipinski definition) is 10. The number of nitrogens with zero attached hydrogens (tertiary/aromatic N) is 5. The SMILES string of the molecule is NC(=O)CN1CCCN(CCOc2cccc(-c3ccccn3)n2)CC(=O)N(CCO)CC(=O)C(CCO)CC1=O. The number of aromatic nitrogens is 2. The molecule has 1 aliphatic heterocycles. The minimum absolute atomic E-state index is 0.0369. The first-order valence-corrected chi connectivity index (χ1v) is 13.6. The van der Waals surface area contributed by atoms with Gasteiger partial charge in [-0.05, 0) is 31.0 Å². The molecule has 3 amide bonds. The molecule has 13 nitrogen and oxygen atoms in total. The fourth-order valence-corrected chi connectivity index (χ4v) is 4.56. The summed E-state index contributed by atoms with van der Waals surface area (Å²) in [5.74, 6) is -2.31. The zero-order valence-corrected chi connectivity index (χ0v) is 23.1. The van der Waals surface area contributed by atoms with Crippen LogP contribution in [0.25, 0.3) is 11.4 Å². The monoisotopic (exact) mass is 570 g/mol. The molecule has 3 heterocycles. The van der Waals surface area contributed by atoms with E-state index >= 15 is 0 Å². The fraction of sp³-hybridized carbons (Fsp3) is 0.500. The van der Waals surface area contributed by atoms with E-state index in [1.54, 1.807) is 12.3 Å². The average molecular weight is 571 g/mol. The van der Waals surface area contributed by atoms with Gasteiger partial charge in [0.15, 0.2) is 5.78 Å². The van der Waals surface area contributed by atoms with E-state index in [0.717, 1.165) is 0 Å². The number of pyridine rings is 2. The van der Waals surface area contributed by atoms with Crippen LogP contribution in [-0.2, 0) is 19.2 Å². The highest BCUT2D eigenvalue weighted by Crippen LogP contribution is 2.18. The highest BCUT2D eigenvalue weighted by molar-refractivity contribution is 5.92. The molecule has 2 aromatic heterocycles. The Morgan fingerprint density at radius 2 is 1.76 bits per heavy atom. The smallest absolute Gasteiger partial charge is 0.237 e. The van der Waals surface area contributed by atoms with Gasteiger partial charge in [-0.3, -0.25) is 29.1 Å². The van der Waals surface area contributed by atoms with Crippen LogP contribution in [0.15, 0.2) is 42.6 Å². The normalized spacial score (nSPS) is 18.0. The average Bonchev–Trinajstić information content (AvgIpc) is 2.96. The van der Waals surface area contributed by atoms with E-state index in [1.807, 2.05) is 35.2 Å². The number of ketones is 1. The van der Waals surface area contributed by atoms with Crippen LogP contribution in [0.4, 0.5) is 0 Å². The van der Waals surface area contributed by atoms with Crippen molar-refractivity contribution in [1.29, 1.82) is 0 Å². The van der Waals surface area contributed by atoms with Gasteiger partial charge in [0, 0.05) is 57.4 Å². The quantitative estimate of drug-likeness (QED) is 0.313. The second-order valence-electron chi connectivity index (χ2n) is 9.75. The summed E-state index contributed by atoms with van der Waals surface area (Å²) in [4.78, 5) is 64.1. The number of Topliss-reactive ketones (excluding diaryl/α,β-unsaturated/α-hetero) is 1. The zero-order valence-electron chi connectivity index (χ0n) is 23.1. The van der Waals surface area contributed by atoms with E-state index in [1.165, 1.54) is 9.80 Å². The second kappa shape index (κ2) is 16.4. The molecular weight excluding hydrogens is 532 g/mol. The first-order valence-electron chi connectivity index (χ1n) is 13.6. The number of carbonyl (C=O) groups is 4. The molecule has 0 radical (unpaired) electrons. The van der Waals surface area contributed by atoms with Crippen LogP contribution >= 0.6 is 0 Å². The Morgan fingerprint density at radius 1 is 0.951 bits per heavy atom. The maximum absolute atomic E-state index is 13.2. The topological polar surface area (TPSA) is 179 Å². The first-order chi connectivity index (χ1) is 19.8. The molecule has 41 heavy (non-hydrogen) atoms. The molecule has 2 aromatic rings. The van der Waals surface area contributed by atoms with Crippen LogP contribution in [0.1, 0.15) is 19.3 Å². The predicted molar refractivity (Wildman–Crippen MR) is 148 cm³/mol. The van der Waals surface area contributed by atoms with Gasteiger partial charge >= 0.3 is 0 Å². The summed E-state index contributed by atoms with van der Waals surface area (Å²) in [6.45, 7) is -0.234. The summed E-state index contributed by atoms with van der Waals surface area (Å²) in [6.07, 6.45) is 1.93. The van der Waals surface area contributed by atoms with Crippen LogP contribution in [0.2, 0.25) is 0 Å². The molecule has 0 aromatic carbocycles. The van der Waals surface area contributed by atoms with Gasteiger partial charge in [0.25, 0.3) is 0 Å². The molecule has 1 saturated heterocycles. The highest BCUT2D eigenvalue weighted by Gasteiger charge is 2.29. The number of amides is 3. The fourth-order valence-electron chi connectivity index (χ4n) is 4.56. The molecule has 3 rings (SSSR count). The van der Waals surface area contributed by atoms with Crippen LogP contribution in [0, 0.1) is 5.92 Å². The Labute approximate surface area is 238 Å². The van der Waals surface area contributed by atoms with Crippen molar-refractivity contribution in [3.63, 3.8) is 0 Å². The van der Waals surface area contributed by atoms with Crippen molar-refractivity contribution in [1.82, 2.24) is 24.7 Å². The van der Waals surface area contributed by atoms with Crippen molar-refractivity contribution in [2.75, 3.05) is 65.6 Å². The van der Waals surface area contributed by atoms with E-state index in [9.17, 15) is 29.4 Å². The number of rotatable bonds is 11. The van der Waals surface area contributed by atoms with Crippen molar-refractivity contribution in [3.05, 3.63) is 42.6 Å². The van der Waals surface area contributed by atoms with E-state index in [2.05, 4.69) is 9.97 Å². The van der Waals surface area contributed by atoms with Crippen LogP contribution in [0.3, 0.4) is 0 Å². The molecule has 0 saturated carbocycles. The van der Waals surface area contributed by atoms with E-state index < -0.39 is 23.5 Å². The molecule has 0 bridgehead atoms. The third-order valence-corrected chi connectivity index (χ3v) is 6.69. The van der Waals surface area contributed by atoms with Gasteiger partial charge < -0.3 is 30.5 Å². The number of aliphatic hydroxyl groups is 2. The van der Waals surface area contributed by atoms with Crippen LogP contribution < -0.4 is 10.5 Å². The summed E-state index contributed by atoms with van der Waals surface area (Å²) >= 11 is 0. The largest absolute Gasteiger partial charge is 0.476 e. The van der Waals surface area contributed by atoms with Crippen molar-refractivity contribution >= 4 is 23.5 Å². The Kier molecular flexibility index (Phi) is 12.6. The Hall–Kier alpha value is -3.94. The maximum Gasteiger partial charge on any atom is 0.237 e. The lowest BCUT2D eigenvalue weighted by molar-refractivity contribution is -0.140. The van der Waals surface area contributed by atoms with Gasteiger partial charge in [0.05, 0.1) is 37.6 Å². The van der Waals surface area contributed by atoms with Crippen molar-refractivity contribution < 1.29 is 34.1 Å². The maximum atomic E-state index is 13.2. The number of aliphatic hydroxyl groups excluding tert-OH is 2. The van der Waals surface area contributed by atoms with Gasteiger partial charge in [0.2, 0.25) is 23.6 Å². The Bertz CT molecular complexity index is 1170. The molecule has 0 spiro atoms.